The van der Waals surface area contributed by atoms with Gasteiger partial charge in [0.2, 0.25) is 0 Å². The summed E-state index contributed by atoms with van der Waals surface area (Å²) in [6.07, 6.45) is 3.22. The van der Waals surface area contributed by atoms with Crippen molar-refractivity contribution in [2.75, 3.05) is 10.6 Å². The Bertz CT molecular complexity index is 913. The maximum atomic E-state index is 13.6. The zero-order valence-electron chi connectivity index (χ0n) is 12.8. The molecule has 0 radical (unpaired) electrons. The van der Waals surface area contributed by atoms with E-state index in [0.717, 1.165) is 17.7 Å². The van der Waals surface area contributed by atoms with Crippen LogP contribution in [0.4, 0.5) is 25.0 Å². The predicted molar refractivity (Wildman–Crippen MR) is 91.8 cm³/mol. The predicted octanol–water partition coefficient (Wildman–Crippen LogP) is 4.51. The maximum Gasteiger partial charge on any atom is 0.323 e. The Labute approximate surface area is 147 Å². The van der Waals surface area contributed by atoms with Crippen molar-refractivity contribution in [3.63, 3.8) is 0 Å². The van der Waals surface area contributed by atoms with Crippen LogP contribution in [-0.2, 0) is 6.54 Å². The van der Waals surface area contributed by atoms with Gasteiger partial charge in [-0.3, -0.25) is 4.68 Å². The van der Waals surface area contributed by atoms with E-state index in [0.29, 0.717) is 23.3 Å². The fourth-order valence-electron chi connectivity index (χ4n) is 2.23. The van der Waals surface area contributed by atoms with Crippen LogP contribution in [0.25, 0.3) is 0 Å². The summed E-state index contributed by atoms with van der Waals surface area (Å²) in [7, 11) is 0. The minimum atomic E-state index is -0.848. The van der Waals surface area contributed by atoms with E-state index in [1.165, 1.54) is 6.20 Å². The summed E-state index contributed by atoms with van der Waals surface area (Å²) in [5, 5.41) is 9.55. The molecule has 0 aliphatic heterocycles. The van der Waals surface area contributed by atoms with Gasteiger partial charge < -0.3 is 10.6 Å². The smallest absolute Gasteiger partial charge is 0.308 e. The van der Waals surface area contributed by atoms with Gasteiger partial charge in [0.25, 0.3) is 0 Å². The number of aromatic nitrogens is 2. The number of hydrogen-bond donors (Lipinski definition) is 2. The Morgan fingerprint density at radius 2 is 2.00 bits per heavy atom. The van der Waals surface area contributed by atoms with Crippen molar-refractivity contribution < 1.29 is 13.6 Å². The van der Waals surface area contributed by atoms with Crippen molar-refractivity contribution in [1.82, 2.24) is 9.78 Å². The summed E-state index contributed by atoms with van der Waals surface area (Å²) < 4.78 is 28.1. The van der Waals surface area contributed by atoms with Gasteiger partial charge in [0.05, 0.1) is 23.5 Å². The van der Waals surface area contributed by atoms with Crippen molar-refractivity contribution in [3.05, 3.63) is 77.1 Å². The van der Waals surface area contributed by atoms with Gasteiger partial charge in [-0.15, -0.1) is 0 Å². The van der Waals surface area contributed by atoms with Gasteiger partial charge in [-0.25, -0.2) is 13.6 Å². The third kappa shape index (κ3) is 4.54. The van der Waals surface area contributed by atoms with E-state index in [-0.39, 0.29) is 5.69 Å². The topological polar surface area (TPSA) is 59.0 Å². The van der Waals surface area contributed by atoms with E-state index in [4.69, 9.17) is 11.6 Å². The lowest BCUT2D eigenvalue weighted by molar-refractivity contribution is 0.262. The fraction of sp³-hybridized carbons (Fsp3) is 0.0588. The molecule has 3 rings (SSSR count). The van der Waals surface area contributed by atoms with E-state index in [1.54, 1.807) is 29.1 Å². The van der Waals surface area contributed by atoms with E-state index < -0.39 is 17.7 Å². The number of urea groups is 1. The lowest BCUT2D eigenvalue weighted by Crippen LogP contribution is -2.20. The molecule has 0 spiro atoms. The molecule has 0 fully saturated rings. The number of nitrogens with one attached hydrogen (secondary N) is 2. The SMILES string of the molecule is O=C(Nc1cccc(Cn2cc(Cl)cn2)c1)Nc1ccc(F)cc1F. The first-order chi connectivity index (χ1) is 12.0. The molecule has 3 aromatic rings. The Hall–Kier alpha value is -2.93. The number of carbonyl (C=O) groups excluding carboxylic acids is 1. The van der Waals surface area contributed by atoms with Crippen molar-refractivity contribution >= 4 is 29.0 Å². The number of anilines is 2. The summed E-state index contributed by atoms with van der Waals surface area (Å²) in [5.74, 6) is -1.56. The highest BCUT2D eigenvalue weighted by Gasteiger charge is 2.08. The normalized spacial score (nSPS) is 10.5. The van der Waals surface area contributed by atoms with E-state index in [1.807, 2.05) is 6.07 Å². The van der Waals surface area contributed by atoms with Crippen LogP contribution in [0.1, 0.15) is 5.56 Å². The Kier molecular flexibility index (Phi) is 4.95. The summed E-state index contributed by atoms with van der Waals surface area (Å²) in [4.78, 5) is 12.0. The Balaban J connectivity index is 1.66. The van der Waals surface area contributed by atoms with Crippen LogP contribution in [0.5, 0.6) is 0 Å². The highest BCUT2D eigenvalue weighted by molar-refractivity contribution is 6.30. The third-order valence-corrected chi connectivity index (χ3v) is 3.51. The molecule has 128 valence electrons. The summed E-state index contributed by atoms with van der Waals surface area (Å²) >= 11 is 5.82. The number of rotatable bonds is 4. The molecular weight excluding hydrogens is 350 g/mol. The first-order valence-corrected chi connectivity index (χ1v) is 7.67. The molecule has 5 nitrogen and oxygen atoms in total. The van der Waals surface area contributed by atoms with Crippen LogP contribution in [0, 0.1) is 11.6 Å². The zero-order valence-corrected chi connectivity index (χ0v) is 13.6. The molecule has 0 saturated heterocycles. The van der Waals surface area contributed by atoms with Gasteiger partial charge in [-0.05, 0) is 29.8 Å². The van der Waals surface area contributed by atoms with Gasteiger partial charge >= 0.3 is 6.03 Å². The monoisotopic (exact) mass is 362 g/mol. The van der Waals surface area contributed by atoms with E-state index in [2.05, 4.69) is 15.7 Å². The highest BCUT2D eigenvalue weighted by atomic mass is 35.5. The minimum absolute atomic E-state index is 0.110. The molecule has 0 unspecified atom stereocenters. The number of hydrogen-bond acceptors (Lipinski definition) is 2. The van der Waals surface area contributed by atoms with Crippen molar-refractivity contribution in [1.29, 1.82) is 0 Å². The highest BCUT2D eigenvalue weighted by Crippen LogP contribution is 2.17. The number of amides is 2. The molecule has 2 N–H and O–H groups in total. The van der Waals surface area contributed by atoms with Crippen LogP contribution in [0.15, 0.2) is 54.9 Å². The Morgan fingerprint density at radius 1 is 1.16 bits per heavy atom. The second-order valence-corrected chi connectivity index (χ2v) is 5.70. The molecule has 0 atom stereocenters. The van der Waals surface area contributed by atoms with Crippen LogP contribution in [0.3, 0.4) is 0 Å². The fourth-order valence-corrected chi connectivity index (χ4v) is 2.39. The summed E-state index contributed by atoms with van der Waals surface area (Å²) in [5.41, 5.74) is 1.31. The molecule has 2 amide bonds. The molecule has 2 aromatic carbocycles. The summed E-state index contributed by atoms with van der Waals surface area (Å²) in [6.45, 7) is 0.483. The van der Waals surface area contributed by atoms with Crippen LogP contribution in [-0.4, -0.2) is 15.8 Å². The number of halogens is 3. The van der Waals surface area contributed by atoms with Crippen molar-refractivity contribution in [2.24, 2.45) is 0 Å². The average molecular weight is 363 g/mol. The number of nitrogens with zero attached hydrogens (tertiary/aromatic N) is 2. The largest absolute Gasteiger partial charge is 0.323 e. The standard InChI is InChI=1S/C17H13ClF2N4O/c18-12-8-21-24(10-12)9-11-2-1-3-14(6-11)22-17(25)23-16-5-4-13(19)7-15(16)20/h1-8,10H,9H2,(H2,22,23,25). The lowest BCUT2D eigenvalue weighted by atomic mass is 10.2. The molecular formula is C17H13ClF2N4O. The van der Waals surface area contributed by atoms with Gasteiger partial charge in [-0.1, -0.05) is 23.7 Å². The molecule has 0 aliphatic rings. The lowest BCUT2D eigenvalue weighted by Gasteiger charge is -2.10. The number of carbonyl (C=O) groups is 1. The second-order valence-electron chi connectivity index (χ2n) is 5.26. The van der Waals surface area contributed by atoms with E-state index in [9.17, 15) is 13.6 Å². The zero-order chi connectivity index (χ0) is 17.8. The molecule has 1 aromatic heterocycles. The second kappa shape index (κ2) is 7.31. The van der Waals surface area contributed by atoms with Gasteiger partial charge in [0.15, 0.2) is 0 Å². The third-order valence-electron chi connectivity index (χ3n) is 3.31. The first kappa shape index (κ1) is 16.9. The van der Waals surface area contributed by atoms with E-state index >= 15 is 0 Å². The maximum absolute atomic E-state index is 13.6. The quantitative estimate of drug-likeness (QED) is 0.717. The molecule has 0 saturated carbocycles. The van der Waals surface area contributed by atoms with Crippen molar-refractivity contribution in [2.45, 2.75) is 6.54 Å². The average Bonchev–Trinajstić information content (AvgIpc) is 2.95. The van der Waals surface area contributed by atoms with Gasteiger partial charge in [0, 0.05) is 18.0 Å². The van der Waals surface area contributed by atoms with Crippen LogP contribution >= 0.6 is 11.6 Å². The molecule has 25 heavy (non-hydrogen) atoms. The van der Waals surface area contributed by atoms with Crippen LogP contribution in [0.2, 0.25) is 5.02 Å². The molecule has 1 heterocycles. The molecule has 0 aliphatic carbocycles. The van der Waals surface area contributed by atoms with Crippen LogP contribution < -0.4 is 10.6 Å². The van der Waals surface area contributed by atoms with Gasteiger partial charge in [-0.2, -0.15) is 5.10 Å². The molecule has 8 heteroatoms. The molecule has 0 bridgehead atoms. The van der Waals surface area contributed by atoms with Gasteiger partial charge in [0.1, 0.15) is 11.6 Å². The summed E-state index contributed by atoms with van der Waals surface area (Å²) in [6, 6.07) is 9.38. The van der Waals surface area contributed by atoms with Crippen molar-refractivity contribution in [3.8, 4) is 0 Å². The minimum Gasteiger partial charge on any atom is -0.308 e. The number of benzene rings is 2. The first-order valence-electron chi connectivity index (χ1n) is 7.29. The Morgan fingerprint density at radius 3 is 2.72 bits per heavy atom.